The molecule has 2 atom stereocenters. The van der Waals surface area contributed by atoms with Gasteiger partial charge in [-0.05, 0) is 46.5 Å². The third kappa shape index (κ3) is 5.53. The Bertz CT molecular complexity index is 521. The van der Waals surface area contributed by atoms with Crippen molar-refractivity contribution >= 4 is 6.09 Å². The van der Waals surface area contributed by atoms with Crippen LogP contribution < -0.4 is 5.32 Å². The predicted octanol–water partition coefficient (Wildman–Crippen LogP) is 2.72. The largest absolute Gasteiger partial charge is 0.444 e. The number of ether oxygens (including phenoxy) is 1. The van der Waals surface area contributed by atoms with Crippen LogP contribution in [0.2, 0.25) is 0 Å². The molecule has 6 heteroatoms. The number of rotatable bonds is 4. The van der Waals surface area contributed by atoms with E-state index in [1.165, 1.54) is 5.56 Å². The van der Waals surface area contributed by atoms with Crippen molar-refractivity contribution in [3.8, 4) is 0 Å². The Kier molecular flexibility index (Phi) is 5.68. The number of nitrogens with zero attached hydrogens (tertiary/aromatic N) is 3. The van der Waals surface area contributed by atoms with E-state index in [0.29, 0.717) is 5.92 Å². The van der Waals surface area contributed by atoms with Gasteiger partial charge >= 0.3 is 6.09 Å². The Hall–Kier alpha value is -1.56. The van der Waals surface area contributed by atoms with Crippen LogP contribution in [0.15, 0.2) is 12.4 Å². The lowest BCUT2D eigenvalue weighted by molar-refractivity contribution is 0.0165. The van der Waals surface area contributed by atoms with Crippen LogP contribution in [0, 0.1) is 5.92 Å². The zero-order valence-corrected chi connectivity index (χ0v) is 15.0. The van der Waals surface area contributed by atoms with Crippen molar-refractivity contribution in [1.29, 1.82) is 0 Å². The standard InChI is InChI=1S/C17H30N4O2/c1-13(15-10-19-20(5)12-15)18-9-14-7-6-8-21(11-14)16(22)23-17(2,3)4/h10,12-14,18H,6-9,11H2,1-5H3. The molecule has 2 heterocycles. The first-order valence-corrected chi connectivity index (χ1v) is 8.44. The van der Waals surface area contributed by atoms with Crippen molar-refractivity contribution in [3.63, 3.8) is 0 Å². The number of likely N-dealkylation sites (tertiary alicyclic amines) is 1. The van der Waals surface area contributed by atoms with E-state index in [1.807, 2.05) is 49.8 Å². The third-order valence-corrected chi connectivity index (χ3v) is 4.11. The molecule has 6 nitrogen and oxygen atoms in total. The topological polar surface area (TPSA) is 59.4 Å². The quantitative estimate of drug-likeness (QED) is 0.926. The van der Waals surface area contributed by atoms with Crippen LogP contribution >= 0.6 is 0 Å². The first kappa shape index (κ1) is 17.8. The molecule has 1 N–H and O–H groups in total. The molecule has 1 aliphatic rings. The van der Waals surface area contributed by atoms with Gasteiger partial charge in [0.1, 0.15) is 5.60 Å². The average molecular weight is 322 g/mol. The normalized spacial score (nSPS) is 20.4. The lowest BCUT2D eigenvalue weighted by atomic mass is 9.98. The maximum absolute atomic E-state index is 12.2. The smallest absolute Gasteiger partial charge is 0.410 e. The van der Waals surface area contributed by atoms with Crippen LogP contribution in [0.25, 0.3) is 0 Å². The first-order valence-electron chi connectivity index (χ1n) is 8.44. The van der Waals surface area contributed by atoms with Crippen LogP contribution in [-0.2, 0) is 11.8 Å². The highest BCUT2D eigenvalue weighted by Crippen LogP contribution is 2.20. The van der Waals surface area contributed by atoms with Crippen molar-refractivity contribution in [2.75, 3.05) is 19.6 Å². The molecule has 0 bridgehead atoms. The van der Waals surface area contributed by atoms with E-state index in [-0.39, 0.29) is 12.1 Å². The fraction of sp³-hybridized carbons (Fsp3) is 0.765. The van der Waals surface area contributed by atoms with E-state index in [1.54, 1.807) is 0 Å². The van der Waals surface area contributed by atoms with Crippen LogP contribution in [0.1, 0.15) is 52.1 Å². The van der Waals surface area contributed by atoms with E-state index < -0.39 is 5.60 Å². The highest BCUT2D eigenvalue weighted by atomic mass is 16.6. The monoisotopic (exact) mass is 322 g/mol. The van der Waals surface area contributed by atoms with Gasteiger partial charge in [0.15, 0.2) is 0 Å². The molecule has 1 aromatic rings. The van der Waals surface area contributed by atoms with E-state index in [4.69, 9.17) is 4.74 Å². The highest BCUT2D eigenvalue weighted by Gasteiger charge is 2.27. The average Bonchev–Trinajstić information content (AvgIpc) is 2.90. The number of carbonyl (C=O) groups is 1. The summed E-state index contributed by atoms with van der Waals surface area (Å²) in [7, 11) is 1.93. The molecule has 0 radical (unpaired) electrons. The molecule has 2 unspecified atom stereocenters. The lowest BCUT2D eigenvalue weighted by Gasteiger charge is -2.34. The van der Waals surface area contributed by atoms with Gasteiger partial charge in [0.05, 0.1) is 6.20 Å². The Balaban J connectivity index is 1.81. The SMILES string of the molecule is CC(NCC1CCCN(C(=O)OC(C)(C)C)C1)c1cnn(C)c1. The number of aromatic nitrogens is 2. The summed E-state index contributed by atoms with van der Waals surface area (Å²) < 4.78 is 7.30. The fourth-order valence-corrected chi connectivity index (χ4v) is 2.85. The van der Waals surface area contributed by atoms with E-state index in [2.05, 4.69) is 17.3 Å². The molecule has 1 amide bonds. The summed E-state index contributed by atoms with van der Waals surface area (Å²) in [6, 6.07) is 0.264. The van der Waals surface area contributed by atoms with Gasteiger partial charge in [-0.2, -0.15) is 5.10 Å². The number of hydrogen-bond donors (Lipinski definition) is 1. The number of carbonyl (C=O) groups excluding carboxylic acids is 1. The number of nitrogens with one attached hydrogen (secondary N) is 1. The van der Waals surface area contributed by atoms with Crippen molar-refractivity contribution in [3.05, 3.63) is 18.0 Å². The first-order chi connectivity index (χ1) is 10.7. The molecule has 2 rings (SSSR count). The van der Waals surface area contributed by atoms with Crippen LogP contribution in [0.5, 0.6) is 0 Å². The predicted molar refractivity (Wildman–Crippen MR) is 90.2 cm³/mol. The van der Waals surface area contributed by atoms with Crippen molar-refractivity contribution in [2.24, 2.45) is 13.0 Å². The van der Waals surface area contributed by atoms with Gasteiger partial charge in [-0.3, -0.25) is 4.68 Å². The summed E-state index contributed by atoms with van der Waals surface area (Å²) in [5.74, 6) is 0.468. The molecular weight excluding hydrogens is 292 g/mol. The number of aryl methyl sites for hydroxylation is 1. The minimum absolute atomic E-state index is 0.192. The van der Waals surface area contributed by atoms with Gasteiger partial charge in [0.2, 0.25) is 0 Å². The van der Waals surface area contributed by atoms with E-state index in [0.717, 1.165) is 32.5 Å². The summed E-state index contributed by atoms with van der Waals surface area (Å²) in [5, 5.41) is 7.77. The molecule has 0 spiro atoms. The fourth-order valence-electron chi connectivity index (χ4n) is 2.85. The Morgan fingerprint density at radius 3 is 2.87 bits per heavy atom. The zero-order valence-electron chi connectivity index (χ0n) is 15.0. The minimum Gasteiger partial charge on any atom is -0.444 e. The number of piperidine rings is 1. The third-order valence-electron chi connectivity index (χ3n) is 4.11. The van der Waals surface area contributed by atoms with Crippen molar-refractivity contribution < 1.29 is 9.53 Å². The zero-order chi connectivity index (χ0) is 17.0. The van der Waals surface area contributed by atoms with Crippen molar-refractivity contribution in [2.45, 2.75) is 52.2 Å². The molecule has 1 fully saturated rings. The summed E-state index contributed by atoms with van der Waals surface area (Å²) >= 11 is 0. The maximum Gasteiger partial charge on any atom is 0.410 e. The van der Waals surface area contributed by atoms with Gasteiger partial charge in [0.25, 0.3) is 0 Å². The Morgan fingerprint density at radius 1 is 1.52 bits per heavy atom. The van der Waals surface area contributed by atoms with Crippen molar-refractivity contribution in [1.82, 2.24) is 20.0 Å². The minimum atomic E-state index is -0.433. The summed E-state index contributed by atoms with van der Waals surface area (Å²) in [5.41, 5.74) is 0.754. The molecule has 0 saturated carbocycles. The lowest BCUT2D eigenvalue weighted by Crippen LogP contribution is -2.45. The Morgan fingerprint density at radius 2 is 2.26 bits per heavy atom. The molecule has 1 aliphatic heterocycles. The summed E-state index contributed by atoms with van der Waals surface area (Å²) in [6.45, 7) is 10.3. The Labute approximate surface area is 139 Å². The molecule has 0 aromatic carbocycles. The number of hydrogen-bond acceptors (Lipinski definition) is 4. The van der Waals surface area contributed by atoms with Gasteiger partial charge < -0.3 is 15.0 Å². The second-order valence-corrected chi connectivity index (χ2v) is 7.51. The highest BCUT2D eigenvalue weighted by molar-refractivity contribution is 5.68. The van der Waals surface area contributed by atoms with Gasteiger partial charge in [-0.1, -0.05) is 0 Å². The van der Waals surface area contributed by atoms with Crippen LogP contribution in [-0.4, -0.2) is 46.0 Å². The second-order valence-electron chi connectivity index (χ2n) is 7.51. The molecule has 1 saturated heterocycles. The van der Waals surface area contributed by atoms with Crippen LogP contribution in [0.4, 0.5) is 4.79 Å². The molecule has 23 heavy (non-hydrogen) atoms. The molecular formula is C17H30N4O2. The van der Waals surface area contributed by atoms with Gasteiger partial charge in [-0.15, -0.1) is 0 Å². The van der Waals surface area contributed by atoms with E-state index in [9.17, 15) is 4.79 Å². The number of amides is 1. The molecule has 1 aromatic heterocycles. The van der Waals surface area contributed by atoms with E-state index >= 15 is 0 Å². The molecule has 0 aliphatic carbocycles. The maximum atomic E-state index is 12.2. The molecule has 130 valence electrons. The summed E-state index contributed by atoms with van der Waals surface area (Å²) in [6.07, 6.45) is 5.92. The van der Waals surface area contributed by atoms with Crippen LogP contribution in [0.3, 0.4) is 0 Å². The van der Waals surface area contributed by atoms with Gasteiger partial charge in [-0.25, -0.2) is 4.79 Å². The summed E-state index contributed by atoms with van der Waals surface area (Å²) in [4.78, 5) is 14.0. The second kappa shape index (κ2) is 7.34. The van der Waals surface area contributed by atoms with Gasteiger partial charge in [0, 0.05) is 44.5 Å².